The van der Waals surface area contributed by atoms with Crippen molar-refractivity contribution < 1.29 is 14.3 Å². The highest BCUT2D eigenvalue weighted by Crippen LogP contribution is 2.24. The number of esters is 1. The molecule has 1 aromatic heterocycles. The van der Waals surface area contributed by atoms with Crippen LogP contribution in [-0.4, -0.2) is 24.7 Å². The number of hydrogen-bond donors (Lipinski definition) is 1. The molecule has 0 atom stereocenters. The number of H-pyrrole nitrogens is 1. The fourth-order valence-corrected chi connectivity index (χ4v) is 1.79. The third kappa shape index (κ3) is 2.41. The summed E-state index contributed by atoms with van der Waals surface area (Å²) in [5.74, 6) is 0.568. The Hall–Kier alpha value is -1.97. The van der Waals surface area contributed by atoms with Crippen LogP contribution in [0.3, 0.4) is 0 Å². The van der Waals surface area contributed by atoms with Gasteiger partial charge >= 0.3 is 5.97 Å². The number of aromatic nitrogens is 1. The smallest absolute Gasteiger partial charge is 0.310 e. The number of nitrogens with one attached hydrogen (secondary N) is 1. The maximum Gasteiger partial charge on any atom is 0.310 e. The van der Waals surface area contributed by atoms with Crippen molar-refractivity contribution in [1.29, 1.82) is 0 Å². The lowest BCUT2D eigenvalue weighted by molar-refractivity contribution is -0.139. The number of fused-ring (bicyclic) bond motifs is 1. The molecule has 0 fully saturated rings. The molecule has 0 bridgehead atoms. The molecule has 0 saturated heterocycles. The molecule has 0 aliphatic heterocycles. The number of ether oxygens (including phenoxy) is 2. The van der Waals surface area contributed by atoms with Gasteiger partial charge < -0.3 is 14.5 Å². The molecule has 0 aliphatic rings. The summed E-state index contributed by atoms with van der Waals surface area (Å²) in [6, 6.07) is 5.79. The average molecular weight is 233 g/mol. The van der Waals surface area contributed by atoms with E-state index in [1.165, 1.54) is 7.11 Å². The maximum absolute atomic E-state index is 11.3. The molecular weight excluding hydrogens is 218 g/mol. The minimum atomic E-state index is -0.243. The lowest BCUT2D eigenvalue weighted by atomic mass is 10.1. The highest BCUT2D eigenvalue weighted by Gasteiger charge is 2.09. The first kappa shape index (κ1) is 11.5. The Bertz CT molecular complexity index is 530. The molecular formula is C13H15NO3. The van der Waals surface area contributed by atoms with Crippen LogP contribution in [0.1, 0.15) is 12.5 Å². The largest absolute Gasteiger partial charge is 0.494 e. The van der Waals surface area contributed by atoms with Crippen LogP contribution in [0.15, 0.2) is 24.4 Å². The van der Waals surface area contributed by atoms with Crippen LogP contribution >= 0.6 is 0 Å². The third-order valence-electron chi connectivity index (χ3n) is 2.61. The average Bonchev–Trinajstić information content (AvgIpc) is 2.72. The second kappa shape index (κ2) is 4.91. The van der Waals surface area contributed by atoms with Gasteiger partial charge in [0.2, 0.25) is 0 Å². The predicted molar refractivity (Wildman–Crippen MR) is 65.2 cm³/mol. The van der Waals surface area contributed by atoms with Gasteiger partial charge in [0.25, 0.3) is 0 Å². The van der Waals surface area contributed by atoms with Gasteiger partial charge in [0.15, 0.2) is 0 Å². The molecule has 0 aliphatic carbocycles. The van der Waals surface area contributed by atoms with E-state index in [1.54, 1.807) is 0 Å². The monoisotopic (exact) mass is 233 g/mol. The van der Waals surface area contributed by atoms with Gasteiger partial charge in [0.1, 0.15) is 5.75 Å². The summed E-state index contributed by atoms with van der Waals surface area (Å²) in [4.78, 5) is 14.4. The standard InChI is InChI=1S/C13H15NO3/c1-3-17-10-4-5-12-11(7-10)9(8-14-12)6-13(15)16-2/h4-5,7-8,14H,3,6H2,1-2H3. The highest BCUT2D eigenvalue weighted by atomic mass is 16.5. The number of rotatable bonds is 4. The van der Waals surface area contributed by atoms with Crippen LogP contribution in [0.4, 0.5) is 0 Å². The zero-order chi connectivity index (χ0) is 12.3. The Morgan fingerprint density at radius 3 is 2.94 bits per heavy atom. The topological polar surface area (TPSA) is 51.3 Å². The molecule has 1 aromatic carbocycles. The van der Waals surface area contributed by atoms with Gasteiger partial charge in [0, 0.05) is 17.1 Å². The molecule has 4 heteroatoms. The summed E-state index contributed by atoms with van der Waals surface area (Å²) in [5, 5.41) is 1.00. The van der Waals surface area contributed by atoms with Gasteiger partial charge in [-0.25, -0.2) is 0 Å². The van der Waals surface area contributed by atoms with E-state index in [-0.39, 0.29) is 12.4 Å². The molecule has 90 valence electrons. The first-order chi connectivity index (χ1) is 8.24. The molecule has 2 aromatic rings. The van der Waals surface area contributed by atoms with E-state index in [2.05, 4.69) is 9.72 Å². The van der Waals surface area contributed by atoms with Crippen molar-refractivity contribution in [3.63, 3.8) is 0 Å². The molecule has 0 spiro atoms. The molecule has 4 nitrogen and oxygen atoms in total. The summed E-state index contributed by atoms with van der Waals surface area (Å²) in [6.07, 6.45) is 2.10. The molecule has 0 unspecified atom stereocenters. The Balaban J connectivity index is 2.36. The minimum absolute atomic E-state index is 0.243. The molecule has 17 heavy (non-hydrogen) atoms. The number of carbonyl (C=O) groups is 1. The van der Waals surface area contributed by atoms with Crippen molar-refractivity contribution >= 4 is 16.9 Å². The highest BCUT2D eigenvalue weighted by molar-refractivity contribution is 5.88. The van der Waals surface area contributed by atoms with Crippen LogP contribution in [0.2, 0.25) is 0 Å². The van der Waals surface area contributed by atoms with E-state index in [4.69, 9.17) is 4.74 Å². The number of benzene rings is 1. The lowest BCUT2D eigenvalue weighted by Crippen LogP contribution is -2.03. The van der Waals surface area contributed by atoms with Gasteiger partial charge in [-0.3, -0.25) is 4.79 Å². The summed E-state index contributed by atoms with van der Waals surface area (Å²) < 4.78 is 10.1. The fraction of sp³-hybridized carbons (Fsp3) is 0.308. The van der Waals surface area contributed by atoms with Crippen molar-refractivity contribution in [2.45, 2.75) is 13.3 Å². The molecule has 1 heterocycles. The van der Waals surface area contributed by atoms with E-state index in [1.807, 2.05) is 31.3 Å². The second-order valence-electron chi connectivity index (χ2n) is 3.71. The van der Waals surface area contributed by atoms with Crippen molar-refractivity contribution in [3.8, 4) is 5.75 Å². The van der Waals surface area contributed by atoms with Gasteiger partial charge in [0.05, 0.1) is 20.1 Å². The van der Waals surface area contributed by atoms with Crippen molar-refractivity contribution in [2.24, 2.45) is 0 Å². The van der Waals surface area contributed by atoms with Crippen molar-refractivity contribution in [2.75, 3.05) is 13.7 Å². The number of aromatic amines is 1. The number of methoxy groups -OCH3 is 1. The molecule has 0 radical (unpaired) electrons. The van der Waals surface area contributed by atoms with E-state index >= 15 is 0 Å². The summed E-state index contributed by atoms with van der Waals surface area (Å²) in [5.41, 5.74) is 1.92. The van der Waals surface area contributed by atoms with Crippen molar-refractivity contribution in [1.82, 2.24) is 4.98 Å². The molecule has 0 amide bonds. The van der Waals surface area contributed by atoms with E-state index in [0.29, 0.717) is 6.61 Å². The van der Waals surface area contributed by atoms with Crippen LogP contribution in [0.25, 0.3) is 10.9 Å². The third-order valence-corrected chi connectivity index (χ3v) is 2.61. The predicted octanol–water partition coefficient (Wildman–Crippen LogP) is 2.28. The van der Waals surface area contributed by atoms with Crippen molar-refractivity contribution in [3.05, 3.63) is 30.0 Å². The van der Waals surface area contributed by atoms with Gasteiger partial charge in [-0.2, -0.15) is 0 Å². The Morgan fingerprint density at radius 2 is 2.24 bits per heavy atom. The fourth-order valence-electron chi connectivity index (χ4n) is 1.79. The molecule has 2 rings (SSSR count). The van der Waals surface area contributed by atoms with Crippen LogP contribution in [-0.2, 0) is 16.0 Å². The minimum Gasteiger partial charge on any atom is -0.494 e. The first-order valence-corrected chi connectivity index (χ1v) is 5.54. The van der Waals surface area contributed by atoms with E-state index < -0.39 is 0 Å². The Kier molecular flexibility index (Phi) is 3.32. The zero-order valence-corrected chi connectivity index (χ0v) is 9.95. The van der Waals surface area contributed by atoms with Gasteiger partial charge in [-0.15, -0.1) is 0 Å². The Labute approximate surface area is 99.5 Å². The number of carbonyl (C=O) groups excluding carboxylic acids is 1. The summed E-state index contributed by atoms with van der Waals surface area (Å²) in [7, 11) is 1.39. The SMILES string of the molecule is CCOc1ccc2[nH]cc(CC(=O)OC)c2c1. The maximum atomic E-state index is 11.3. The van der Waals surface area contributed by atoms with Crippen LogP contribution in [0, 0.1) is 0 Å². The van der Waals surface area contributed by atoms with E-state index in [9.17, 15) is 4.79 Å². The van der Waals surface area contributed by atoms with E-state index in [0.717, 1.165) is 22.2 Å². The summed E-state index contributed by atoms with van der Waals surface area (Å²) >= 11 is 0. The Morgan fingerprint density at radius 1 is 1.41 bits per heavy atom. The van der Waals surface area contributed by atoms with Crippen LogP contribution < -0.4 is 4.74 Å². The first-order valence-electron chi connectivity index (χ1n) is 5.54. The van der Waals surface area contributed by atoms with Crippen LogP contribution in [0.5, 0.6) is 5.75 Å². The molecule has 1 N–H and O–H groups in total. The lowest BCUT2D eigenvalue weighted by Gasteiger charge is -2.03. The van der Waals surface area contributed by atoms with Gasteiger partial charge in [-0.05, 0) is 30.7 Å². The second-order valence-corrected chi connectivity index (χ2v) is 3.71. The summed E-state index contributed by atoms with van der Waals surface area (Å²) in [6.45, 7) is 2.57. The molecule has 0 saturated carbocycles. The zero-order valence-electron chi connectivity index (χ0n) is 9.95. The van der Waals surface area contributed by atoms with Gasteiger partial charge in [-0.1, -0.05) is 0 Å². The quantitative estimate of drug-likeness (QED) is 0.824. The number of hydrogen-bond acceptors (Lipinski definition) is 3. The normalized spacial score (nSPS) is 10.5.